The third-order valence-corrected chi connectivity index (χ3v) is 6.21. The van der Waals surface area contributed by atoms with Crippen molar-refractivity contribution >= 4 is 50.7 Å². The van der Waals surface area contributed by atoms with Gasteiger partial charge in [-0.1, -0.05) is 23.7 Å². The van der Waals surface area contributed by atoms with Gasteiger partial charge in [0.15, 0.2) is 0 Å². The van der Waals surface area contributed by atoms with Gasteiger partial charge in [-0.25, -0.2) is 0 Å². The van der Waals surface area contributed by atoms with Crippen LogP contribution in [-0.2, 0) is 0 Å². The lowest BCUT2D eigenvalue weighted by atomic mass is 10.1. The lowest BCUT2D eigenvalue weighted by Gasteiger charge is -2.36. The Labute approximate surface area is 194 Å². The number of rotatable bonds is 4. The van der Waals surface area contributed by atoms with Gasteiger partial charge in [-0.2, -0.15) is 0 Å². The number of benzene rings is 3. The lowest BCUT2D eigenvalue weighted by Crippen LogP contribution is -2.48. The number of nitrogens with zero attached hydrogens (tertiary/aromatic N) is 2. The molecule has 1 aliphatic heterocycles. The Balaban J connectivity index is 1.34. The monoisotopic (exact) mass is 497 g/mol. The van der Waals surface area contributed by atoms with Gasteiger partial charge >= 0.3 is 0 Å². The summed E-state index contributed by atoms with van der Waals surface area (Å²) >= 11 is 9.31. The molecule has 0 saturated carbocycles. The van der Waals surface area contributed by atoms with Crippen molar-refractivity contribution in [1.82, 2.24) is 4.90 Å². The molecule has 0 spiro atoms. The number of anilines is 2. The smallest absolute Gasteiger partial charge is 0.256 e. The minimum atomic E-state index is -0.158. The Bertz CT molecular complexity index is 1080. The van der Waals surface area contributed by atoms with Gasteiger partial charge in [0, 0.05) is 52.6 Å². The van der Waals surface area contributed by atoms with E-state index in [2.05, 4.69) is 26.1 Å². The summed E-state index contributed by atoms with van der Waals surface area (Å²) in [5, 5.41) is 3.55. The Morgan fingerprint density at radius 1 is 0.839 bits per heavy atom. The first-order valence-electron chi connectivity index (χ1n) is 9.97. The number of hydrogen-bond donors (Lipinski definition) is 1. The van der Waals surface area contributed by atoms with Crippen molar-refractivity contribution in [3.8, 4) is 0 Å². The first kappa shape index (κ1) is 21.4. The van der Waals surface area contributed by atoms with E-state index in [4.69, 9.17) is 11.6 Å². The van der Waals surface area contributed by atoms with Gasteiger partial charge in [-0.15, -0.1) is 0 Å². The quantitative estimate of drug-likeness (QED) is 0.530. The van der Waals surface area contributed by atoms with Crippen molar-refractivity contribution < 1.29 is 9.59 Å². The molecule has 1 N–H and O–H groups in total. The van der Waals surface area contributed by atoms with Gasteiger partial charge in [0.25, 0.3) is 11.8 Å². The third-order valence-electron chi connectivity index (χ3n) is 5.27. The number of nitrogens with one attached hydrogen (secondary N) is 1. The van der Waals surface area contributed by atoms with E-state index in [1.165, 1.54) is 0 Å². The van der Waals surface area contributed by atoms with Crippen LogP contribution in [0.5, 0.6) is 0 Å². The van der Waals surface area contributed by atoms with E-state index in [1.807, 2.05) is 47.4 Å². The lowest BCUT2D eigenvalue weighted by molar-refractivity contribution is 0.0746. The van der Waals surface area contributed by atoms with Crippen molar-refractivity contribution in [3.05, 3.63) is 93.4 Å². The molecule has 5 nitrogen and oxygen atoms in total. The second kappa shape index (κ2) is 9.54. The van der Waals surface area contributed by atoms with Crippen LogP contribution in [0.3, 0.4) is 0 Å². The van der Waals surface area contributed by atoms with E-state index in [0.29, 0.717) is 29.2 Å². The van der Waals surface area contributed by atoms with Gasteiger partial charge in [0.2, 0.25) is 0 Å². The number of carbonyl (C=O) groups is 2. The maximum Gasteiger partial charge on any atom is 0.256 e. The molecule has 1 heterocycles. The highest BCUT2D eigenvalue weighted by Crippen LogP contribution is 2.22. The van der Waals surface area contributed by atoms with Crippen molar-refractivity contribution in [1.29, 1.82) is 0 Å². The molecule has 3 aromatic carbocycles. The standard InChI is InChI=1S/C24H21BrClN3O2/c25-22-4-2-1-3-21(22)23(30)27-19-9-11-20(12-10-19)28-13-15-29(16-14-28)24(31)17-5-7-18(26)8-6-17/h1-12H,13-16H2,(H,27,30). The molecule has 1 saturated heterocycles. The fourth-order valence-electron chi connectivity index (χ4n) is 3.54. The molecule has 4 rings (SSSR count). The average molecular weight is 499 g/mol. The van der Waals surface area contributed by atoms with Crippen LogP contribution in [0.1, 0.15) is 20.7 Å². The summed E-state index contributed by atoms with van der Waals surface area (Å²) in [4.78, 5) is 29.2. The molecule has 0 aromatic heterocycles. The maximum atomic E-state index is 12.7. The second-order valence-corrected chi connectivity index (χ2v) is 8.56. The maximum absolute atomic E-state index is 12.7. The summed E-state index contributed by atoms with van der Waals surface area (Å²) in [6.45, 7) is 2.81. The average Bonchev–Trinajstić information content (AvgIpc) is 2.80. The van der Waals surface area contributed by atoms with E-state index >= 15 is 0 Å². The molecular weight excluding hydrogens is 478 g/mol. The predicted molar refractivity (Wildman–Crippen MR) is 128 cm³/mol. The molecule has 2 amide bonds. The van der Waals surface area contributed by atoms with E-state index in [-0.39, 0.29) is 11.8 Å². The van der Waals surface area contributed by atoms with E-state index in [0.717, 1.165) is 28.9 Å². The van der Waals surface area contributed by atoms with Crippen LogP contribution in [0.25, 0.3) is 0 Å². The Morgan fingerprint density at radius 3 is 2.13 bits per heavy atom. The van der Waals surface area contributed by atoms with Crippen molar-refractivity contribution in [2.24, 2.45) is 0 Å². The zero-order chi connectivity index (χ0) is 21.8. The molecular formula is C24H21BrClN3O2. The normalized spacial score (nSPS) is 13.7. The fourth-order valence-corrected chi connectivity index (χ4v) is 4.13. The topological polar surface area (TPSA) is 52.7 Å². The molecule has 7 heteroatoms. The number of amides is 2. The van der Waals surface area contributed by atoms with Crippen LogP contribution < -0.4 is 10.2 Å². The molecule has 0 bridgehead atoms. The van der Waals surface area contributed by atoms with Crippen LogP contribution in [0.15, 0.2) is 77.3 Å². The van der Waals surface area contributed by atoms with Crippen LogP contribution in [0, 0.1) is 0 Å². The minimum absolute atomic E-state index is 0.0291. The molecule has 1 aliphatic rings. The summed E-state index contributed by atoms with van der Waals surface area (Å²) in [6, 6.07) is 22.1. The summed E-state index contributed by atoms with van der Waals surface area (Å²) < 4.78 is 0.759. The highest BCUT2D eigenvalue weighted by molar-refractivity contribution is 9.10. The summed E-state index contributed by atoms with van der Waals surface area (Å²) in [6.07, 6.45) is 0. The highest BCUT2D eigenvalue weighted by atomic mass is 79.9. The SMILES string of the molecule is O=C(Nc1ccc(N2CCN(C(=O)c3ccc(Cl)cc3)CC2)cc1)c1ccccc1Br. The third kappa shape index (κ3) is 5.09. The van der Waals surface area contributed by atoms with Crippen molar-refractivity contribution in [2.75, 3.05) is 36.4 Å². The number of hydrogen-bond acceptors (Lipinski definition) is 3. The highest BCUT2D eigenvalue weighted by Gasteiger charge is 2.22. The van der Waals surface area contributed by atoms with E-state index < -0.39 is 0 Å². The Morgan fingerprint density at radius 2 is 1.48 bits per heavy atom. The van der Waals surface area contributed by atoms with Crippen LogP contribution in [0.4, 0.5) is 11.4 Å². The van der Waals surface area contributed by atoms with E-state index in [1.54, 1.807) is 30.3 Å². The summed E-state index contributed by atoms with van der Waals surface area (Å²) in [5.74, 6) is -0.129. The Kier molecular flexibility index (Phi) is 6.59. The number of piperazine rings is 1. The first-order valence-corrected chi connectivity index (χ1v) is 11.1. The molecule has 0 radical (unpaired) electrons. The zero-order valence-electron chi connectivity index (χ0n) is 16.7. The van der Waals surface area contributed by atoms with Gasteiger partial charge < -0.3 is 15.1 Å². The van der Waals surface area contributed by atoms with Gasteiger partial charge in [-0.05, 0) is 76.6 Å². The molecule has 3 aromatic rings. The Hall–Kier alpha value is -2.83. The zero-order valence-corrected chi connectivity index (χ0v) is 19.1. The van der Waals surface area contributed by atoms with E-state index in [9.17, 15) is 9.59 Å². The largest absolute Gasteiger partial charge is 0.368 e. The summed E-state index contributed by atoms with van der Waals surface area (Å²) in [7, 11) is 0. The van der Waals surface area contributed by atoms with Gasteiger partial charge in [0.1, 0.15) is 0 Å². The molecule has 0 unspecified atom stereocenters. The number of halogens is 2. The predicted octanol–water partition coefficient (Wildman–Crippen LogP) is 5.32. The van der Waals surface area contributed by atoms with Crippen LogP contribution >= 0.6 is 27.5 Å². The minimum Gasteiger partial charge on any atom is -0.368 e. The van der Waals surface area contributed by atoms with Gasteiger partial charge in [-0.3, -0.25) is 9.59 Å². The van der Waals surface area contributed by atoms with Gasteiger partial charge in [0.05, 0.1) is 5.56 Å². The van der Waals surface area contributed by atoms with Crippen LogP contribution in [-0.4, -0.2) is 42.9 Å². The van der Waals surface area contributed by atoms with Crippen molar-refractivity contribution in [2.45, 2.75) is 0 Å². The fraction of sp³-hybridized carbons (Fsp3) is 0.167. The van der Waals surface area contributed by atoms with Crippen molar-refractivity contribution in [3.63, 3.8) is 0 Å². The summed E-state index contributed by atoms with van der Waals surface area (Å²) in [5.41, 5.74) is 3.05. The molecule has 0 aliphatic carbocycles. The molecule has 158 valence electrons. The first-order chi connectivity index (χ1) is 15.0. The second-order valence-electron chi connectivity index (χ2n) is 7.27. The molecule has 1 fully saturated rings. The van der Waals surface area contributed by atoms with Crippen LogP contribution in [0.2, 0.25) is 5.02 Å². The number of carbonyl (C=O) groups excluding carboxylic acids is 2. The molecule has 31 heavy (non-hydrogen) atoms. The molecule has 0 atom stereocenters.